The van der Waals surface area contributed by atoms with Crippen LogP contribution in [0.3, 0.4) is 0 Å². The fraction of sp³-hybridized carbons (Fsp3) is 1.00. The highest BCUT2D eigenvalue weighted by molar-refractivity contribution is 4.95. The lowest BCUT2D eigenvalue weighted by molar-refractivity contribution is 0.204. The van der Waals surface area contributed by atoms with Crippen LogP contribution in [0.1, 0.15) is 39.0 Å². The summed E-state index contributed by atoms with van der Waals surface area (Å²) < 4.78 is 0. The second kappa shape index (κ2) is 3.55. The fourth-order valence-corrected chi connectivity index (χ4v) is 2.32. The molecular formula is C9H19NO. The second-order valence-electron chi connectivity index (χ2n) is 3.70. The van der Waals surface area contributed by atoms with Gasteiger partial charge >= 0.3 is 0 Å². The maximum atomic E-state index is 8.83. The minimum atomic E-state index is -0.0382. The lowest BCUT2D eigenvalue weighted by Gasteiger charge is -2.30. The van der Waals surface area contributed by atoms with Crippen molar-refractivity contribution in [3.8, 4) is 0 Å². The molecule has 0 aliphatic heterocycles. The number of hydrogen-bond acceptors (Lipinski definition) is 2. The first-order valence-electron chi connectivity index (χ1n) is 4.62. The average molecular weight is 157 g/mol. The average Bonchev–Trinajstić information content (AvgIpc) is 2.31. The monoisotopic (exact) mass is 157 g/mol. The molecule has 0 aromatic heterocycles. The van der Waals surface area contributed by atoms with Crippen LogP contribution < -0.4 is 5.73 Å². The van der Waals surface area contributed by atoms with Crippen molar-refractivity contribution in [3.63, 3.8) is 0 Å². The molecule has 2 atom stereocenters. The number of aliphatic hydroxyl groups is 1. The molecule has 11 heavy (non-hydrogen) atoms. The van der Waals surface area contributed by atoms with E-state index in [9.17, 15) is 0 Å². The van der Waals surface area contributed by atoms with Crippen LogP contribution in [0.4, 0.5) is 0 Å². The number of aliphatic hydroxyl groups excluding tert-OH is 1. The van der Waals surface area contributed by atoms with Gasteiger partial charge in [-0.25, -0.2) is 0 Å². The maximum Gasteiger partial charge on any atom is 0.0448 e. The predicted octanol–water partition coefficient (Wildman–Crippen LogP) is 1.28. The Morgan fingerprint density at radius 3 is 2.91 bits per heavy atom. The summed E-state index contributed by atoms with van der Waals surface area (Å²) in [6.07, 6.45) is 5.55. The van der Waals surface area contributed by atoms with Crippen molar-refractivity contribution in [2.24, 2.45) is 11.7 Å². The number of nitrogens with two attached hydrogens (primary N) is 1. The van der Waals surface area contributed by atoms with Crippen molar-refractivity contribution < 1.29 is 5.11 Å². The summed E-state index contributed by atoms with van der Waals surface area (Å²) in [6.45, 7) is 2.43. The van der Waals surface area contributed by atoms with E-state index < -0.39 is 0 Å². The first-order valence-corrected chi connectivity index (χ1v) is 4.62. The Kier molecular flexibility index (Phi) is 2.90. The van der Waals surface area contributed by atoms with Gasteiger partial charge in [0.1, 0.15) is 0 Å². The van der Waals surface area contributed by atoms with Crippen LogP contribution in [-0.2, 0) is 0 Å². The van der Waals surface area contributed by atoms with Gasteiger partial charge in [-0.05, 0) is 25.2 Å². The van der Waals surface area contributed by atoms with E-state index in [4.69, 9.17) is 10.8 Å². The third-order valence-corrected chi connectivity index (χ3v) is 3.08. The first-order chi connectivity index (χ1) is 5.23. The van der Waals surface area contributed by atoms with Gasteiger partial charge in [-0.3, -0.25) is 0 Å². The molecule has 0 aromatic carbocycles. The summed E-state index contributed by atoms with van der Waals surface area (Å²) >= 11 is 0. The first kappa shape index (κ1) is 9.01. The Bertz CT molecular complexity index is 127. The van der Waals surface area contributed by atoms with Crippen LogP contribution in [0.2, 0.25) is 0 Å². The van der Waals surface area contributed by atoms with Crippen LogP contribution in [0.25, 0.3) is 0 Å². The molecule has 0 heterocycles. The fourth-order valence-electron chi connectivity index (χ4n) is 2.32. The van der Waals surface area contributed by atoms with Crippen LogP contribution in [0, 0.1) is 5.92 Å². The Labute approximate surface area is 68.8 Å². The topological polar surface area (TPSA) is 46.2 Å². The Balaban J connectivity index is 2.51. The summed E-state index contributed by atoms with van der Waals surface area (Å²) in [5.74, 6) is 0.648. The zero-order chi connectivity index (χ0) is 8.32. The summed E-state index contributed by atoms with van der Waals surface area (Å²) in [5, 5.41) is 8.83. The molecule has 0 bridgehead atoms. The second-order valence-corrected chi connectivity index (χ2v) is 3.70. The van der Waals surface area contributed by atoms with Crippen molar-refractivity contribution in [1.29, 1.82) is 0 Å². The van der Waals surface area contributed by atoms with Gasteiger partial charge in [0.2, 0.25) is 0 Å². The van der Waals surface area contributed by atoms with Crippen molar-refractivity contribution in [1.82, 2.24) is 0 Å². The largest absolute Gasteiger partial charge is 0.396 e. The quantitative estimate of drug-likeness (QED) is 0.648. The lowest BCUT2D eigenvalue weighted by Crippen LogP contribution is -2.43. The molecule has 1 aliphatic rings. The molecule has 0 amide bonds. The zero-order valence-corrected chi connectivity index (χ0v) is 7.34. The van der Waals surface area contributed by atoms with E-state index in [1.54, 1.807) is 0 Å². The van der Waals surface area contributed by atoms with E-state index in [1.807, 2.05) is 0 Å². The van der Waals surface area contributed by atoms with Crippen LogP contribution >= 0.6 is 0 Å². The van der Waals surface area contributed by atoms with Gasteiger partial charge in [0, 0.05) is 12.1 Å². The molecule has 2 nitrogen and oxygen atoms in total. The summed E-state index contributed by atoms with van der Waals surface area (Å²) in [5.41, 5.74) is 6.13. The van der Waals surface area contributed by atoms with E-state index in [1.165, 1.54) is 12.8 Å². The molecule has 66 valence electrons. The molecule has 1 fully saturated rings. The molecular weight excluding hydrogens is 138 g/mol. The molecule has 0 saturated heterocycles. The molecule has 1 rings (SSSR count). The third kappa shape index (κ3) is 1.74. The highest BCUT2D eigenvalue weighted by atomic mass is 16.3. The van der Waals surface area contributed by atoms with Crippen LogP contribution in [0.15, 0.2) is 0 Å². The Morgan fingerprint density at radius 1 is 1.64 bits per heavy atom. The molecule has 2 unspecified atom stereocenters. The SMILES string of the molecule is CCC1CCCC1(N)CCO. The summed E-state index contributed by atoms with van der Waals surface area (Å²) in [4.78, 5) is 0. The summed E-state index contributed by atoms with van der Waals surface area (Å²) in [6, 6.07) is 0. The van der Waals surface area contributed by atoms with Gasteiger partial charge in [-0.1, -0.05) is 19.8 Å². The Morgan fingerprint density at radius 2 is 2.36 bits per heavy atom. The smallest absolute Gasteiger partial charge is 0.0448 e. The molecule has 0 spiro atoms. The number of hydrogen-bond donors (Lipinski definition) is 2. The van der Waals surface area contributed by atoms with Gasteiger partial charge in [-0.15, -0.1) is 0 Å². The van der Waals surface area contributed by atoms with Crippen molar-refractivity contribution in [3.05, 3.63) is 0 Å². The molecule has 1 aliphatic carbocycles. The standard InChI is InChI=1S/C9H19NO/c1-2-8-4-3-5-9(8,10)6-7-11/h8,11H,2-7,10H2,1H3. The highest BCUT2D eigenvalue weighted by Crippen LogP contribution is 2.37. The van der Waals surface area contributed by atoms with E-state index in [0.29, 0.717) is 5.92 Å². The number of rotatable bonds is 3. The van der Waals surface area contributed by atoms with Crippen molar-refractivity contribution >= 4 is 0 Å². The Hall–Kier alpha value is -0.0800. The van der Waals surface area contributed by atoms with Gasteiger partial charge < -0.3 is 10.8 Å². The minimum Gasteiger partial charge on any atom is -0.396 e. The van der Waals surface area contributed by atoms with E-state index in [-0.39, 0.29) is 12.1 Å². The zero-order valence-electron chi connectivity index (χ0n) is 7.34. The molecule has 2 heteroatoms. The van der Waals surface area contributed by atoms with Gasteiger partial charge in [0.25, 0.3) is 0 Å². The van der Waals surface area contributed by atoms with Gasteiger partial charge in [0.15, 0.2) is 0 Å². The summed E-state index contributed by atoms with van der Waals surface area (Å²) in [7, 11) is 0. The molecule has 0 radical (unpaired) electrons. The minimum absolute atomic E-state index is 0.0382. The van der Waals surface area contributed by atoms with E-state index >= 15 is 0 Å². The van der Waals surface area contributed by atoms with E-state index in [0.717, 1.165) is 19.3 Å². The molecule has 0 aromatic rings. The van der Waals surface area contributed by atoms with Crippen LogP contribution in [0.5, 0.6) is 0 Å². The maximum absolute atomic E-state index is 8.83. The lowest BCUT2D eigenvalue weighted by atomic mass is 9.84. The molecule has 1 saturated carbocycles. The normalized spacial score (nSPS) is 37.9. The third-order valence-electron chi connectivity index (χ3n) is 3.08. The molecule has 3 N–H and O–H groups in total. The van der Waals surface area contributed by atoms with Gasteiger partial charge in [0.05, 0.1) is 0 Å². The van der Waals surface area contributed by atoms with Crippen molar-refractivity contribution in [2.45, 2.75) is 44.6 Å². The highest BCUT2D eigenvalue weighted by Gasteiger charge is 2.37. The van der Waals surface area contributed by atoms with E-state index in [2.05, 4.69) is 6.92 Å². The van der Waals surface area contributed by atoms with Gasteiger partial charge in [-0.2, -0.15) is 0 Å². The van der Waals surface area contributed by atoms with Crippen LogP contribution in [-0.4, -0.2) is 17.3 Å². The predicted molar refractivity (Wildman–Crippen MR) is 46.3 cm³/mol. The van der Waals surface area contributed by atoms with Crippen molar-refractivity contribution in [2.75, 3.05) is 6.61 Å².